The van der Waals surface area contributed by atoms with Gasteiger partial charge in [-0.2, -0.15) is 0 Å². The zero-order chi connectivity index (χ0) is 14.2. The summed E-state index contributed by atoms with van der Waals surface area (Å²) >= 11 is 0. The zero-order valence-electron chi connectivity index (χ0n) is 13.3. The van der Waals surface area contributed by atoms with Crippen LogP contribution < -0.4 is 0 Å². The van der Waals surface area contributed by atoms with Gasteiger partial charge in [-0.05, 0) is 25.2 Å². The highest BCUT2D eigenvalue weighted by atomic mass is 16.5. The Balaban J connectivity index is 4.33. The van der Waals surface area contributed by atoms with Crippen LogP contribution in [0.5, 0.6) is 0 Å². The molecule has 2 heteroatoms. The minimum Gasteiger partial charge on any atom is -0.465 e. The molecule has 0 amide bonds. The topological polar surface area (TPSA) is 26.3 Å². The van der Waals surface area contributed by atoms with Gasteiger partial charge >= 0.3 is 5.97 Å². The molecule has 0 aliphatic heterocycles. The van der Waals surface area contributed by atoms with Gasteiger partial charge < -0.3 is 4.74 Å². The zero-order valence-corrected chi connectivity index (χ0v) is 13.3. The molecule has 0 bridgehead atoms. The summed E-state index contributed by atoms with van der Waals surface area (Å²) in [4.78, 5) is 12.3. The maximum Gasteiger partial charge on any atom is 0.312 e. The average molecular weight is 256 g/mol. The quantitative estimate of drug-likeness (QED) is 0.453. The van der Waals surface area contributed by atoms with E-state index in [4.69, 9.17) is 4.74 Å². The van der Waals surface area contributed by atoms with Gasteiger partial charge in [0.2, 0.25) is 0 Å². The molecule has 1 atom stereocenters. The van der Waals surface area contributed by atoms with E-state index in [0.29, 0.717) is 6.61 Å². The van der Waals surface area contributed by atoms with Crippen molar-refractivity contribution in [1.82, 2.24) is 0 Å². The molecule has 0 spiro atoms. The summed E-state index contributed by atoms with van der Waals surface area (Å²) < 4.78 is 5.49. The van der Waals surface area contributed by atoms with Gasteiger partial charge in [0.25, 0.3) is 0 Å². The Bertz CT molecular complexity index is 240. The molecule has 0 aromatic rings. The molecule has 0 rings (SSSR count). The molecule has 0 saturated heterocycles. The molecule has 1 unspecified atom stereocenters. The Kier molecular flexibility index (Phi) is 7.58. The van der Waals surface area contributed by atoms with E-state index in [9.17, 15) is 4.79 Å². The normalized spacial score (nSPS) is 15.2. The molecule has 2 nitrogen and oxygen atoms in total. The lowest BCUT2D eigenvalue weighted by Gasteiger charge is -2.39. The van der Waals surface area contributed by atoms with E-state index in [1.165, 1.54) is 12.8 Å². The number of carbonyl (C=O) groups excluding carboxylic acids is 1. The summed E-state index contributed by atoms with van der Waals surface area (Å²) in [6, 6.07) is 0. The van der Waals surface area contributed by atoms with E-state index in [0.717, 1.165) is 25.7 Å². The van der Waals surface area contributed by atoms with E-state index < -0.39 is 0 Å². The molecular formula is C16H32O2. The molecule has 0 N–H and O–H groups in total. The standard InChI is InChI=1S/C16H32O2/c1-7-9-10-11-13-18-14(17)16(6,12-8-2)15(3,4)5/h7-13H2,1-6H3. The third-order valence-corrected chi connectivity index (χ3v) is 4.09. The van der Waals surface area contributed by atoms with Crippen LogP contribution in [-0.4, -0.2) is 12.6 Å². The van der Waals surface area contributed by atoms with Gasteiger partial charge in [-0.1, -0.05) is 60.3 Å². The fourth-order valence-electron chi connectivity index (χ4n) is 2.14. The second-order valence-electron chi connectivity index (χ2n) is 6.53. The Labute approximate surface area is 113 Å². The van der Waals surface area contributed by atoms with Crippen LogP contribution in [0.25, 0.3) is 0 Å². The molecule has 0 saturated carbocycles. The van der Waals surface area contributed by atoms with Crippen molar-refractivity contribution in [2.24, 2.45) is 10.8 Å². The van der Waals surface area contributed by atoms with Crippen molar-refractivity contribution in [3.8, 4) is 0 Å². The highest BCUT2D eigenvalue weighted by molar-refractivity contribution is 5.77. The molecule has 0 aliphatic rings. The lowest BCUT2D eigenvalue weighted by molar-refractivity contribution is -0.162. The number of esters is 1. The first kappa shape index (κ1) is 17.5. The van der Waals surface area contributed by atoms with Crippen LogP contribution in [0.2, 0.25) is 0 Å². The second kappa shape index (κ2) is 7.81. The summed E-state index contributed by atoms with van der Waals surface area (Å²) in [6.45, 7) is 13.3. The molecule has 0 heterocycles. The summed E-state index contributed by atoms with van der Waals surface area (Å²) in [5.74, 6) is -0.0200. The largest absolute Gasteiger partial charge is 0.465 e. The third kappa shape index (κ3) is 4.99. The number of hydrogen-bond donors (Lipinski definition) is 0. The van der Waals surface area contributed by atoms with Crippen LogP contribution in [0, 0.1) is 10.8 Å². The Morgan fingerprint density at radius 2 is 1.56 bits per heavy atom. The van der Waals surface area contributed by atoms with E-state index in [1.807, 2.05) is 6.92 Å². The smallest absolute Gasteiger partial charge is 0.312 e. The molecule has 0 radical (unpaired) electrons. The molecular weight excluding hydrogens is 224 g/mol. The van der Waals surface area contributed by atoms with Gasteiger partial charge in [0.15, 0.2) is 0 Å². The number of hydrogen-bond acceptors (Lipinski definition) is 2. The molecule has 18 heavy (non-hydrogen) atoms. The van der Waals surface area contributed by atoms with Gasteiger partial charge in [0, 0.05) is 0 Å². The fraction of sp³-hybridized carbons (Fsp3) is 0.938. The van der Waals surface area contributed by atoms with Crippen molar-refractivity contribution in [2.45, 2.75) is 80.1 Å². The van der Waals surface area contributed by atoms with Crippen molar-refractivity contribution < 1.29 is 9.53 Å². The summed E-state index contributed by atoms with van der Waals surface area (Å²) in [5, 5.41) is 0. The van der Waals surface area contributed by atoms with Crippen molar-refractivity contribution in [2.75, 3.05) is 6.61 Å². The fourth-order valence-corrected chi connectivity index (χ4v) is 2.14. The minimum absolute atomic E-state index is 0.0200. The highest BCUT2D eigenvalue weighted by Crippen LogP contribution is 2.43. The van der Waals surface area contributed by atoms with Gasteiger partial charge in [0.05, 0.1) is 12.0 Å². The number of carbonyl (C=O) groups is 1. The lowest BCUT2D eigenvalue weighted by Crippen LogP contribution is -2.41. The Morgan fingerprint density at radius 1 is 0.944 bits per heavy atom. The maximum absolute atomic E-state index is 12.3. The Morgan fingerprint density at radius 3 is 2.00 bits per heavy atom. The number of ether oxygens (including phenoxy) is 1. The molecule has 0 aliphatic carbocycles. The van der Waals surface area contributed by atoms with E-state index in [2.05, 4.69) is 34.6 Å². The Hall–Kier alpha value is -0.530. The predicted octanol–water partition coefficient (Wildman–Crippen LogP) is 4.96. The van der Waals surface area contributed by atoms with E-state index in [1.54, 1.807) is 0 Å². The summed E-state index contributed by atoms with van der Waals surface area (Å²) in [5.41, 5.74) is -0.421. The first-order valence-electron chi connectivity index (χ1n) is 7.46. The van der Waals surface area contributed by atoms with Gasteiger partial charge in [-0.3, -0.25) is 4.79 Å². The van der Waals surface area contributed by atoms with Gasteiger partial charge in [-0.15, -0.1) is 0 Å². The molecule has 108 valence electrons. The van der Waals surface area contributed by atoms with E-state index >= 15 is 0 Å². The monoisotopic (exact) mass is 256 g/mol. The lowest BCUT2D eigenvalue weighted by atomic mass is 9.65. The number of unbranched alkanes of at least 4 members (excludes halogenated alkanes) is 3. The highest BCUT2D eigenvalue weighted by Gasteiger charge is 2.44. The first-order valence-corrected chi connectivity index (χ1v) is 7.46. The second-order valence-corrected chi connectivity index (χ2v) is 6.53. The first-order chi connectivity index (χ1) is 8.29. The van der Waals surface area contributed by atoms with Gasteiger partial charge in [-0.25, -0.2) is 0 Å². The van der Waals surface area contributed by atoms with Crippen LogP contribution in [-0.2, 0) is 9.53 Å². The van der Waals surface area contributed by atoms with Crippen molar-refractivity contribution in [3.63, 3.8) is 0 Å². The predicted molar refractivity (Wildman–Crippen MR) is 77.6 cm³/mol. The summed E-state index contributed by atoms with van der Waals surface area (Å²) in [7, 11) is 0. The SMILES string of the molecule is CCCCCCOC(=O)C(C)(CCC)C(C)(C)C. The van der Waals surface area contributed by atoms with Crippen LogP contribution in [0.1, 0.15) is 80.1 Å². The van der Waals surface area contributed by atoms with Crippen LogP contribution in [0.4, 0.5) is 0 Å². The molecule has 0 aromatic carbocycles. The summed E-state index contributed by atoms with van der Waals surface area (Å²) in [6.07, 6.45) is 6.49. The van der Waals surface area contributed by atoms with Crippen molar-refractivity contribution in [1.29, 1.82) is 0 Å². The van der Waals surface area contributed by atoms with Crippen LogP contribution in [0.15, 0.2) is 0 Å². The van der Waals surface area contributed by atoms with E-state index in [-0.39, 0.29) is 16.8 Å². The van der Waals surface area contributed by atoms with Crippen molar-refractivity contribution >= 4 is 5.97 Å². The third-order valence-electron chi connectivity index (χ3n) is 4.09. The minimum atomic E-state index is -0.369. The van der Waals surface area contributed by atoms with Gasteiger partial charge in [0.1, 0.15) is 0 Å². The average Bonchev–Trinajstić information content (AvgIpc) is 2.27. The molecule has 0 fully saturated rings. The number of rotatable bonds is 8. The maximum atomic E-state index is 12.3. The molecule has 0 aromatic heterocycles. The van der Waals surface area contributed by atoms with Crippen molar-refractivity contribution in [3.05, 3.63) is 0 Å². The van der Waals surface area contributed by atoms with Crippen LogP contribution >= 0.6 is 0 Å². The van der Waals surface area contributed by atoms with Crippen LogP contribution in [0.3, 0.4) is 0 Å².